The summed E-state index contributed by atoms with van der Waals surface area (Å²) in [4.78, 5) is -0.123. The average molecular weight is 363 g/mol. The molecule has 0 aliphatic rings. The highest BCUT2D eigenvalue weighted by Gasteiger charge is 2.17. The molecule has 0 fully saturated rings. The van der Waals surface area contributed by atoms with Crippen LogP contribution in [0.15, 0.2) is 45.8 Å². The molecule has 3 N–H and O–H groups in total. The predicted molar refractivity (Wildman–Crippen MR) is 75.7 cm³/mol. The summed E-state index contributed by atoms with van der Waals surface area (Å²) >= 11 is 3.10. The van der Waals surface area contributed by atoms with Gasteiger partial charge in [0.1, 0.15) is 11.6 Å². The SMILES string of the molecule is Nc1ccc(S(=O)(=O)Nc2cc(F)ccc2F)cc1Br. The highest BCUT2D eigenvalue weighted by Crippen LogP contribution is 2.25. The van der Waals surface area contributed by atoms with Gasteiger partial charge in [-0.3, -0.25) is 4.72 Å². The van der Waals surface area contributed by atoms with Crippen molar-refractivity contribution >= 4 is 37.3 Å². The number of halogens is 3. The van der Waals surface area contributed by atoms with Crippen LogP contribution >= 0.6 is 15.9 Å². The lowest BCUT2D eigenvalue weighted by atomic mass is 10.3. The number of sulfonamides is 1. The maximum absolute atomic E-state index is 13.4. The fourth-order valence-electron chi connectivity index (χ4n) is 1.45. The molecular formula is C12H9BrF2N2O2S. The number of nitrogens with one attached hydrogen (secondary N) is 1. The Labute approximate surface area is 122 Å². The molecule has 0 aliphatic heterocycles. The van der Waals surface area contributed by atoms with Crippen molar-refractivity contribution in [1.29, 1.82) is 0 Å². The minimum atomic E-state index is -4.03. The largest absolute Gasteiger partial charge is 0.398 e. The van der Waals surface area contributed by atoms with Crippen LogP contribution in [0.25, 0.3) is 0 Å². The predicted octanol–water partition coefficient (Wildman–Crippen LogP) is 3.11. The van der Waals surface area contributed by atoms with E-state index in [4.69, 9.17) is 5.73 Å². The molecule has 0 spiro atoms. The highest BCUT2D eigenvalue weighted by molar-refractivity contribution is 9.10. The minimum Gasteiger partial charge on any atom is -0.398 e. The third-order valence-corrected chi connectivity index (χ3v) is 4.50. The van der Waals surface area contributed by atoms with E-state index in [1.165, 1.54) is 18.2 Å². The van der Waals surface area contributed by atoms with Crippen molar-refractivity contribution in [3.05, 3.63) is 52.5 Å². The van der Waals surface area contributed by atoms with Crippen molar-refractivity contribution in [2.24, 2.45) is 0 Å². The van der Waals surface area contributed by atoms with Crippen molar-refractivity contribution in [2.45, 2.75) is 4.90 Å². The van der Waals surface area contributed by atoms with Crippen LogP contribution in [0.5, 0.6) is 0 Å². The Hall–Kier alpha value is -1.67. The van der Waals surface area contributed by atoms with E-state index in [2.05, 4.69) is 15.9 Å². The monoisotopic (exact) mass is 362 g/mol. The van der Waals surface area contributed by atoms with Crippen LogP contribution < -0.4 is 10.5 Å². The van der Waals surface area contributed by atoms with E-state index >= 15 is 0 Å². The summed E-state index contributed by atoms with van der Waals surface area (Å²) in [7, 11) is -4.03. The van der Waals surface area contributed by atoms with Crippen LogP contribution in [0.2, 0.25) is 0 Å². The lowest BCUT2D eigenvalue weighted by Gasteiger charge is -2.10. The van der Waals surface area contributed by atoms with Crippen LogP contribution in [-0.4, -0.2) is 8.42 Å². The molecule has 0 bridgehead atoms. The molecule has 0 saturated carbocycles. The van der Waals surface area contributed by atoms with E-state index < -0.39 is 27.3 Å². The maximum Gasteiger partial charge on any atom is 0.262 e. The van der Waals surface area contributed by atoms with Crippen molar-refractivity contribution in [3.8, 4) is 0 Å². The molecule has 0 unspecified atom stereocenters. The Morgan fingerprint density at radius 3 is 2.45 bits per heavy atom. The van der Waals surface area contributed by atoms with E-state index in [1.807, 2.05) is 4.72 Å². The molecule has 4 nitrogen and oxygen atoms in total. The van der Waals surface area contributed by atoms with Gasteiger partial charge in [0.2, 0.25) is 0 Å². The summed E-state index contributed by atoms with van der Waals surface area (Å²) in [5, 5.41) is 0. The van der Waals surface area contributed by atoms with Crippen LogP contribution in [-0.2, 0) is 10.0 Å². The van der Waals surface area contributed by atoms with E-state index in [0.29, 0.717) is 10.2 Å². The molecule has 8 heteroatoms. The fourth-order valence-corrected chi connectivity index (χ4v) is 3.07. The summed E-state index contributed by atoms with van der Waals surface area (Å²) < 4.78 is 53.0. The first kappa shape index (κ1) is 14.7. The number of benzene rings is 2. The molecule has 0 aliphatic carbocycles. The summed E-state index contributed by atoms with van der Waals surface area (Å²) in [6.07, 6.45) is 0. The molecule has 2 aromatic rings. The van der Waals surface area contributed by atoms with Gasteiger partial charge in [-0.05, 0) is 46.3 Å². The number of nitrogens with two attached hydrogens (primary N) is 1. The van der Waals surface area contributed by atoms with E-state index in [1.54, 1.807) is 0 Å². The van der Waals surface area contributed by atoms with Crippen molar-refractivity contribution in [2.75, 3.05) is 10.5 Å². The van der Waals surface area contributed by atoms with Gasteiger partial charge in [0, 0.05) is 16.2 Å². The first-order valence-electron chi connectivity index (χ1n) is 5.32. The average Bonchev–Trinajstić information content (AvgIpc) is 2.36. The van der Waals surface area contributed by atoms with E-state index in [-0.39, 0.29) is 4.90 Å². The second-order valence-corrected chi connectivity index (χ2v) is 6.45. The van der Waals surface area contributed by atoms with Gasteiger partial charge < -0.3 is 5.73 Å². The third-order valence-electron chi connectivity index (χ3n) is 2.45. The molecule has 2 aromatic carbocycles. The number of hydrogen-bond donors (Lipinski definition) is 2. The number of nitrogen functional groups attached to an aromatic ring is 1. The summed E-state index contributed by atoms with van der Waals surface area (Å²) in [6.45, 7) is 0. The Kier molecular flexibility index (Phi) is 3.96. The molecule has 0 saturated heterocycles. The molecule has 2 rings (SSSR count). The summed E-state index contributed by atoms with van der Waals surface area (Å²) in [5.74, 6) is -1.62. The fraction of sp³-hybridized carbons (Fsp3) is 0. The topological polar surface area (TPSA) is 72.2 Å². The van der Waals surface area contributed by atoms with Gasteiger partial charge in [-0.1, -0.05) is 0 Å². The second kappa shape index (κ2) is 5.37. The van der Waals surface area contributed by atoms with Crippen molar-refractivity contribution in [1.82, 2.24) is 0 Å². The summed E-state index contributed by atoms with van der Waals surface area (Å²) in [6, 6.07) is 6.42. The standard InChI is InChI=1S/C12H9BrF2N2O2S/c13-9-6-8(2-4-11(9)16)20(18,19)17-12-5-7(14)1-3-10(12)15/h1-6,17H,16H2. The Bertz CT molecular complexity index is 766. The first-order chi connectivity index (χ1) is 9.29. The van der Waals surface area contributed by atoms with Gasteiger partial charge in [-0.15, -0.1) is 0 Å². The van der Waals surface area contributed by atoms with Gasteiger partial charge in [0.15, 0.2) is 0 Å². The Morgan fingerprint density at radius 2 is 1.80 bits per heavy atom. The molecule has 0 atom stereocenters. The molecule has 0 heterocycles. The highest BCUT2D eigenvalue weighted by atomic mass is 79.9. The second-order valence-electron chi connectivity index (χ2n) is 3.91. The minimum absolute atomic E-state index is 0.123. The van der Waals surface area contributed by atoms with Gasteiger partial charge in [-0.25, -0.2) is 17.2 Å². The Balaban J connectivity index is 2.40. The Morgan fingerprint density at radius 1 is 1.10 bits per heavy atom. The smallest absolute Gasteiger partial charge is 0.262 e. The zero-order valence-corrected chi connectivity index (χ0v) is 12.3. The summed E-state index contributed by atoms with van der Waals surface area (Å²) in [5.41, 5.74) is 5.46. The molecule has 0 amide bonds. The van der Waals surface area contributed by atoms with E-state index in [0.717, 1.165) is 18.2 Å². The number of hydrogen-bond acceptors (Lipinski definition) is 3. The van der Waals surface area contributed by atoms with Crippen LogP contribution in [0.3, 0.4) is 0 Å². The molecule has 106 valence electrons. The molecule has 0 aromatic heterocycles. The first-order valence-corrected chi connectivity index (χ1v) is 7.60. The molecular weight excluding hydrogens is 354 g/mol. The quantitative estimate of drug-likeness (QED) is 0.824. The number of rotatable bonds is 3. The third kappa shape index (κ3) is 3.07. The van der Waals surface area contributed by atoms with Gasteiger partial charge in [0.05, 0.1) is 10.6 Å². The normalized spacial score (nSPS) is 11.3. The maximum atomic E-state index is 13.4. The van der Waals surface area contributed by atoms with E-state index in [9.17, 15) is 17.2 Å². The van der Waals surface area contributed by atoms with Gasteiger partial charge in [-0.2, -0.15) is 0 Å². The van der Waals surface area contributed by atoms with Crippen molar-refractivity contribution < 1.29 is 17.2 Å². The zero-order valence-electron chi connectivity index (χ0n) is 9.90. The number of anilines is 2. The van der Waals surface area contributed by atoms with Gasteiger partial charge >= 0.3 is 0 Å². The van der Waals surface area contributed by atoms with Crippen LogP contribution in [0, 0.1) is 11.6 Å². The van der Waals surface area contributed by atoms with Crippen LogP contribution in [0.1, 0.15) is 0 Å². The lowest BCUT2D eigenvalue weighted by molar-refractivity contribution is 0.594. The van der Waals surface area contributed by atoms with Gasteiger partial charge in [0.25, 0.3) is 10.0 Å². The molecule has 0 radical (unpaired) electrons. The molecule has 20 heavy (non-hydrogen) atoms. The van der Waals surface area contributed by atoms with Crippen LogP contribution in [0.4, 0.5) is 20.2 Å². The van der Waals surface area contributed by atoms with Crippen molar-refractivity contribution in [3.63, 3.8) is 0 Å². The lowest BCUT2D eigenvalue weighted by Crippen LogP contribution is -2.14. The zero-order chi connectivity index (χ0) is 14.9.